The Hall–Kier alpha value is -1.55. The van der Waals surface area contributed by atoms with E-state index < -0.39 is 30.2 Å². The summed E-state index contributed by atoms with van der Waals surface area (Å²) >= 11 is 0. The number of hydrogen-bond acceptors (Lipinski definition) is 7. The van der Waals surface area contributed by atoms with E-state index in [1.54, 1.807) is 0 Å². The lowest BCUT2D eigenvalue weighted by Crippen LogP contribution is -2.60. The van der Waals surface area contributed by atoms with E-state index in [0.717, 1.165) is 9.13 Å². The van der Waals surface area contributed by atoms with Gasteiger partial charge < -0.3 is 25.4 Å². The molecule has 0 aromatic carbocycles. The average Bonchev–Trinajstić information content (AvgIpc) is 2.72. The maximum Gasteiger partial charge on any atom is 0.448 e. The Morgan fingerprint density at radius 1 is 1.68 bits per heavy atom. The first-order valence-electron chi connectivity index (χ1n) is 5.71. The van der Waals surface area contributed by atoms with Gasteiger partial charge in [0.25, 0.3) is 0 Å². The highest BCUT2D eigenvalue weighted by molar-refractivity contribution is 5.11. The standard InChI is InChI=1S/C10H16N4O5/c1-13-9(11)12-4-14(10(13)17)8-6(16)7(18-2)5(3-15)19-8/h4-8,11,15-16H,3H2,1-2H3/p+1. The minimum absolute atomic E-state index is 0.0516. The minimum Gasteiger partial charge on any atom is -0.394 e. The maximum absolute atomic E-state index is 12.0. The van der Waals surface area contributed by atoms with Crippen LogP contribution in [0.15, 0.2) is 11.1 Å². The molecule has 0 saturated carbocycles. The number of aliphatic hydroxyl groups is 2. The number of methoxy groups -OCH3 is 1. The Morgan fingerprint density at radius 3 is 2.89 bits per heavy atom. The van der Waals surface area contributed by atoms with Gasteiger partial charge in [-0.1, -0.05) is 4.98 Å². The highest BCUT2D eigenvalue weighted by Gasteiger charge is 2.47. The zero-order valence-electron chi connectivity index (χ0n) is 10.6. The average molecular weight is 273 g/mol. The van der Waals surface area contributed by atoms with Crippen molar-refractivity contribution in [2.75, 3.05) is 19.5 Å². The van der Waals surface area contributed by atoms with Crippen molar-refractivity contribution in [3.05, 3.63) is 16.8 Å². The fourth-order valence-electron chi connectivity index (χ4n) is 2.09. The quantitative estimate of drug-likeness (QED) is 0.499. The molecule has 0 spiro atoms. The molecule has 0 amide bonds. The molecular weight excluding hydrogens is 256 g/mol. The third-order valence-corrected chi connectivity index (χ3v) is 3.20. The van der Waals surface area contributed by atoms with Crippen molar-refractivity contribution in [2.45, 2.75) is 24.5 Å². The van der Waals surface area contributed by atoms with Gasteiger partial charge in [0.15, 0.2) is 0 Å². The molecule has 4 N–H and O–H groups in total. The first kappa shape index (κ1) is 13.9. The Balaban J connectivity index is 2.38. The van der Waals surface area contributed by atoms with Crippen molar-refractivity contribution in [2.24, 2.45) is 7.05 Å². The predicted molar refractivity (Wildman–Crippen MR) is 61.9 cm³/mol. The number of aromatic nitrogens is 3. The van der Waals surface area contributed by atoms with Gasteiger partial charge in [0.1, 0.15) is 18.3 Å². The van der Waals surface area contributed by atoms with Crippen LogP contribution >= 0.6 is 0 Å². The van der Waals surface area contributed by atoms with Crippen LogP contribution in [-0.4, -0.2) is 51.8 Å². The highest BCUT2D eigenvalue weighted by Crippen LogP contribution is 2.26. The normalized spacial score (nSPS) is 30.7. The van der Waals surface area contributed by atoms with Crippen LogP contribution in [0, 0.1) is 0 Å². The fourth-order valence-corrected chi connectivity index (χ4v) is 2.09. The Kier molecular flexibility index (Phi) is 3.80. The molecule has 1 aromatic heterocycles. The molecule has 19 heavy (non-hydrogen) atoms. The molecule has 0 aliphatic carbocycles. The second-order valence-corrected chi connectivity index (χ2v) is 4.29. The van der Waals surface area contributed by atoms with Gasteiger partial charge in [0, 0.05) is 7.11 Å². The van der Waals surface area contributed by atoms with Crippen LogP contribution in [0.2, 0.25) is 0 Å². The van der Waals surface area contributed by atoms with Crippen LogP contribution in [0.25, 0.3) is 0 Å². The summed E-state index contributed by atoms with van der Waals surface area (Å²) in [4.78, 5) is 15.9. The molecule has 9 heteroatoms. The Morgan fingerprint density at radius 2 is 2.37 bits per heavy atom. The summed E-state index contributed by atoms with van der Waals surface area (Å²) in [7, 11) is 2.85. The number of nitrogen functional groups attached to an aromatic ring is 1. The molecule has 2 rings (SSSR count). The van der Waals surface area contributed by atoms with E-state index in [-0.39, 0.29) is 12.6 Å². The van der Waals surface area contributed by atoms with Gasteiger partial charge in [0.2, 0.25) is 12.6 Å². The molecule has 1 aliphatic heterocycles. The van der Waals surface area contributed by atoms with E-state index >= 15 is 0 Å². The number of anilines is 1. The topological polar surface area (TPSA) is 124 Å². The molecular formula is C10H17N4O5+. The summed E-state index contributed by atoms with van der Waals surface area (Å²) in [6.45, 7) is -0.324. The van der Waals surface area contributed by atoms with E-state index in [0.29, 0.717) is 0 Å². The maximum atomic E-state index is 12.0. The van der Waals surface area contributed by atoms with Gasteiger partial charge in [-0.25, -0.2) is 4.79 Å². The highest BCUT2D eigenvalue weighted by atomic mass is 16.6. The Bertz CT molecular complexity index is 519. The van der Waals surface area contributed by atoms with Gasteiger partial charge in [-0.2, -0.15) is 9.13 Å². The van der Waals surface area contributed by atoms with E-state index in [9.17, 15) is 15.0 Å². The van der Waals surface area contributed by atoms with E-state index in [2.05, 4.69) is 4.98 Å². The van der Waals surface area contributed by atoms with Gasteiger partial charge >= 0.3 is 11.6 Å². The first-order valence-corrected chi connectivity index (χ1v) is 5.71. The second-order valence-electron chi connectivity index (χ2n) is 4.29. The second kappa shape index (κ2) is 5.21. The lowest BCUT2D eigenvalue weighted by molar-refractivity contribution is -0.783. The largest absolute Gasteiger partial charge is 0.448 e. The number of hydrogen-bond donors (Lipinski definition) is 3. The fraction of sp³-hybridized carbons (Fsp3) is 0.700. The van der Waals surface area contributed by atoms with Crippen LogP contribution in [0.5, 0.6) is 0 Å². The summed E-state index contributed by atoms with van der Waals surface area (Å²) in [5.74, 6) is 0.0516. The van der Waals surface area contributed by atoms with Gasteiger partial charge in [-0.15, -0.1) is 0 Å². The number of nitrogens with zero attached hydrogens (tertiary/aromatic N) is 3. The number of rotatable bonds is 3. The minimum atomic E-state index is -1.09. The molecule has 106 valence electrons. The van der Waals surface area contributed by atoms with Crippen molar-refractivity contribution < 1.29 is 24.3 Å². The van der Waals surface area contributed by atoms with E-state index in [4.69, 9.17) is 15.2 Å². The molecule has 1 fully saturated rings. The van der Waals surface area contributed by atoms with Crippen molar-refractivity contribution >= 4 is 5.95 Å². The molecule has 1 aliphatic rings. The lowest BCUT2D eigenvalue weighted by Gasteiger charge is -2.15. The zero-order valence-corrected chi connectivity index (χ0v) is 10.6. The third-order valence-electron chi connectivity index (χ3n) is 3.20. The summed E-state index contributed by atoms with van der Waals surface area (Å²) in [6.07, 6.45) is -2.30. The summed E-state index contributed by atoms with van der Waals surface area (Å²) in [6, 6.07) is 0. The first-order chi connectivity index (χ1) is 9.01. The van der Waals surface area contributed by atoms with Crippen LogP contribution in [0.3, 0.4) is 0 Å². The van der Waals surface area contributed by atoms with Crippen molar-refractivity contribution in [1.29, 1.82) is 0 Å². The monoisotopic (exact) mass is 273 g/mol. The van der Waals surface area contributed by atoms with Crippen LogP contribution in [-0.2, 0) is 16.5 Å². The van der Waals surface area contributed by atoms with Crippen LogP contribution in [0.4, 0.5) is 5.95 Å². The molecule has 1 saturated heterocycles. The number of aliphatic hydroxyl groups excluding tert-OH is 2. The molecule has 2 heterocycles. The third kappa shape index (κ3) is 2.21. The molecule has 4 atom stereocenters. The molecule has 1 aromatic rings. The van der Waals surface area contributed by atoms with Crippen LogP contribution in [0.1, 0.15) is 6.23 Å². The van der Waals surface area contributed by atoms with E-state index in [1.165, 1.54) is 20.5 Å². The molecule has 9 nitrogen and oxygen atoms in total. The van der Waals surface area contributed by atoms with Crippen LogP contribution < -0.4 is 16.0 Å². The summed E-state index contributed by atoms with van der Waals surface area (Å²) < 4.78 is 12.7. The lowest BCUT2D eigenvalue weighted by atomic mass is 10.1. The smallest absolute Gasteiger partial charge is 0.394 e. The molecule has 0 bridgehead atoms. The zero-order chi connectivity index (χ0) is 14.2. The van der Waals surface area contributed by atoms with Gasteiger partial charge in [-0.05, 0) is 0 Å². The summed E-state index contributed by atoms with van der Waals surface area (Å²) in [5, 5.41) is 19.3. The number of nitrogens with two attached hydrogens (primary N) is 1. The Labute approximate surface area is 108 Å². The van der Waals surface area contributed by atoms with E-state index in [1.807, 2.05) is 0 Å². The van der Waals surface area contributed by atoms with Crippen molar-refractivity contribution in [3.8, 4) is 0 Å². The van der Waals surface area contributed by atoms with Crippen molar-refractivity contribution in [3.63, 3.8) is 0 Å². The SMILES string of the molecule is COC1C(CO)OC([n+]2cnc(N)n(C)c2=O)C1O. The molecule has 0 radical (unpaired) electrons. The predicted octanol–water partition coefficient (Wildman–Crippen LogP) is -3.08. The number of ether oxygens (including phenoxy) is 2. The van der Waals surface area contributed by atoms with Gasteiger partial charge in [-0.3, -0.25) is 0 Å². The molecule has 4 unspecified atom stereocenters. The van der Waals surface area contributed by atoms with Crippen molar-refractivity contribution in [1.82, 2.24) is 9.55 Å². The summed E-state index contributed by atoms with van der Waals surface area (Å²) in [5.41, 5.74) is 5.02. The van der Waals surface area contributed by atoms with Gasteiger partial charge in [0.05, 0.1) is 13.7 Å².